The van der Waals surface area contributed by atoms with Crippen LogP contribution in [-0.2, 0) is 14.3 Å². The average Bonchev–Trinajstić information content (AvgIpc) is 2.83. The highest BCUT2D eigenvalue weighted by Gasteiger charge is 2.07. The molecule has 0 saturated heterocycles. The number of ether oxygens (including phenoxy) is 2. The highest BCUT2D eigenvalue weighted by Crippen LogP contribution is 2.22. The van der Waals surface area contributed by atoms with Gasteiger partial charge in [0.05, 0.1) is 0 Å². The van der Waals surface area contributed by atoms with Crippen molar-refractivity contribution < 1.29 is 19.1 Å². The Bertz CT molecular complexity index is 1240. The predicted octanol–water partition coefficient (Wildman–Crippen LogP) is 5.83. The van der Waals surface area contributed by atoms with E-state index in [4.69, 9.17) is 9.47 Å². The number of para-hydroxylation sites is 1. The van der Waals surface area contributed by atoms with Gasteiger partial charge in [0.2, 0.25) is 0 Å². The van der Waals surface area contributed by atoms with Gasteiger partial charge in [-0.2, -0.15) is 0 Å². The molecule has 4 aromatic rings. The molecular formula is C27H21NO4. The first kappa shape index (κ1) is 20.9. The van der Waals surface area contributed by atoms with Crippen molar-refractivity contribution in [2.24, 2.45) is 0 Å². The number of hydrogen-bond acceptors (Lipinski definition) is 4. The van der Waals surface area contributed by atoms with Crippen molar-refractivity contribution in [1.29, 1.82) is 0 Å². The van der Waals surface area contributed by atoms with Gasteiger partial charge in [0.15, 0.2) is 6.61 Å². The van der Waals surface area contributed by atoms with Crippen LogP contribution in [0.5, 0.6) is 11.5 Å². The van der Waals surface area contributed by atoms with E-state index in [1.807, 2.05) is 72.8 Å². The van der Waals surface area contributed by atoms with Crippen molar-refractivity contribution in [2.45, 2.75) is 0 Å². The molecule has 0 spiro atoms. The van der Waals surface area contributed by atoms with E-state index in [0.717, 1.165) is 22.1 Å². The maximum atomic E-state index is 12.1. The monoisotopic (exact) mass is 423 g/mol. The quantitative estimate of drug-likeness (QED) is 0.300. The van der Waals surface area contributed by atoms with E-state index in [-0.39, 0.29) is 6.61 Å². The van der Waals surface area contributed by atoms with E-state index in [9.17, 15) is 9.59 Å². The summed E-state index contributed by atoms with van der Waals surface area (Å²) in [6.07, 6.45) is 3.01. The Hall–Kier alpha value is -4.38. The molecular weight excluding hydrogens is 402 g/mol. The molecule has 0 heterocycles. The number of rotatable bonds is 7. The van der Waals surface area contributed by atoms with Gasteiger partial charge in [-0.3, -0.25) is 4.79 Å². The molecule has 0 radical (unpaired) electrons. The van der Waals surface area contributed by atoms with Gasteiger partial charge in [0.25, 0.3) is 5.91 Å². The third kappa shape index (κ3) is 5.61. The zero-order valence-electron chi connectivity index (χ0n) is 17.2. The molecule has 0 aromatic heterocycles. The van der Waals surface area contributed by atoms with Gasteiger partial charge in [0.1, 0.15) is 11.5 Å². The maximum Gasteiger partial charge on any atom is 0.331 e. The summed E-state index contributed by atoms with van der Waals surface area (Å²) in [6.45, 7) is -0.374. The summed E-state index contributed by atoms with van der Waals surface area (Å²) in [6, 6.07) is 30.1. The molecule has 0 aliphatic carbocycles. The Morgan fingerprint density at radius 2 is 1.44 bits per heavy atom. The maximum absolute atomic E-state index is 12.1. The zero-order valence-corrected chi connectivity index (χ0v) is 17.2. The fourth-order valence-corrected chi connectivity index (χ4v) is 3.17. The molecule has 32 heavy (non-hydrogen) atoms. The predicted molar refractivity (Wildman–Crippen MR) is 126 cm³/mol. The third-order valence-electron chi connectivity index (χ3n) is 4.68. The van der Waals surface area contributed by atoms with Crippen molar-refractivity contribution in [1.82, 2.24) is 0 Å². The molecule has 0 bridgehead atoms. The summed E-state index contributed by atoms with van der Waals surface area (Å²) >= 11 is 0. The highest BCUT2D eigenvalue weighted by atomic mass is 16.5. The minimum absolute atomic E-state index is 0.374. The molecule has 0 aliphatic rings. The number of esters is 1. The second kappa shape index (κ2) is 10.1. The Kier molecular flexibility index (Phi) is 6.58. The van der Waals surface area contributed by atoms with E-state index in [1.54, 1.807) is 30.3 Å². The van der Waals surface area contributed by atoms with Gasteiger partial charge in [-0.1, -0.05) is 60.7 Å². The fraction of sp³-hybridized carbons (Fsp3) is 0.0370. The lowest BCUT2D eigenvalue weighted by Gasteiger charge is -2.08. The second-order valence-corrected chi connectivity index (χ2v) is 7.00. The molecule has 5 nitrogen and oxygen atoms in total. The Balaban J connectivity index is 1.27. The summed E-state index contributed by atoms with van der Waals surface area (Å²) in [4.78, 5) is 24.1. The van der Waals surface area contributed by atoms with Crippen LogP contribution in [0.3, 0.4) is 0 Å². The van der Waals surface area contributed by atoms with Crippen molar-refractivity contribution in [3.05, 3.63) is 109 Å². The van der Waals surface area contributed by atoms with Crippen LogP contribution in [0.2, 0.25) is 0 Å². The average molecular weight is 423 g/mol. The number of carbonyl (C=O) groups is 2. The molecule has 0 atom stereocenters. The lowest BCUT2D eigenvalue weighted by atomic mass is 10.0. The number of anilines is 1. The highest BCUT2D eigenvalue weighted by molar-refractivity contribution is 5.97. The van der Waals surface area contributed by atoms with Crippen LogP contribution in [0.4, 0.5) is 5.69 Å². The molecule has 4 rings (SSSR count). The smallest absolute Gasteiger partial charge is 0.331 e. The van der Waals surface area contributed by atoms with Gasteiger partial charge in [-0.15, -0.1) is 0 Å². The first-order chi connectivity index (χ1) is 15.7. The zero-order chi connectivity index (χ0) is 22.2. The summed E-state index contributed by atoms with van der Waals surface area (Å²) in [5.41, 5.74) is 1.49. The normalized spacial score (nSPS) is 10.8. The Morgan fingerprint density at radius 3 is 2.25 bits per heavy atom. The third-order valence-corrected chi connectivity index (χ3v) is 4.68. The first-order valence-corrected chi connectivity index (χ1v) is 10.1. The van der Waals surface area contributed by atoms with Crippen molar-refractivity contribution in [3.63, 3.8) is 0 Å². The van der Waals surface area contributed by atoms with Crippen molar-refractivity contribution >= 4 is 34.4 Å². The minimum atomic E-state index is -0.584. The van der Waals surface area contributed by atoms with E-state index in [2.05, 4.69) is 5.32 Å². The van der Waals surface area contributed by atoms with Gasteiger partial charge in [0, 0.05) is 11.8 Å². The van der Waals surface area contributed by atoms with Crippen LogP contribution in [0.15, 0.2) is 103 Å². The Morgan fingerprint density at radius 1 is 0.750 bits per heavy atom. The number of amides is 1. The van der Waals surface area contributed by atoms with Crippen LogP contribution in [0.1, 0.15) is 5.56 Å². The standard InChI is InChI=1S/C27H21NO4/c29-26(28-22-14-16-24(17-15-22)32-23-10-2-1-3-11-23)19-31-27(30)18-13-21-9-6-8-20-7-4-5-12-25(20)21/h1-18H,19H2,(H,28,29). The summed E-state index contributed by atoms with van der Waals surface area (Å²) < 4.78 is 10.8. The number of hydrogen-bond donors (Lipinski definition) is 1. The van der Waals surface area contributed by atoms with Gasteiger partial charge < -0.3 is 14.8 Å². The largest absolute Gasteiger partial charge is 0.457 e. The second-order valence-electron chi connectivity index (χ2n) is 7.00. The van der Waals surface area contributed by atoms with E-state index in [1.165, 1.54) is 6.08 Å². The van der Waals surface area contributed by atoms with E-state index in [0.29, 0.717) is 11.4 Å². The number of carbonyl (C=O) groups excluding carboxylic acids is 2. The molecule has 0 fully saturated rings. The summed E-state index contributed by atoms with van der Waals surface area (Å²) in [5.74, 6) is 0.375. The van der Waals surface area contributed by atoms with Crippen molar-refractivity contribution in [3.8, 4) is 11.5 Å². The molecule has 4 aromatic carbocycles. The first-order valence-electron chi connectivity index (χ1n) is 10.1. The molecule has 0 unspecified atom stereocenters. The molecule has 0 aliphatic heterocycles. The minimum Gasteiger partial charge on any atom is -0.457 e. The van der Waals surface area contributed by atoms with Crippen LogP contribution in [0.25, 0.3) is 16.8 Å². The molecule has 158 valence electrons. The molecule has 1 N–H and O–H groups in total. The summed E-state index contributed by atoms with van der Waals surface area (Å²) in [5, 5.41) is 4.81. The van der Waals surface area contributed by atoms with Gasteiger partial charge in [-0.25, -0.2) is 4.79 Å². The lowest BCUT2D eigenvalue weighted by Crippen LogP contribution is -2.20. The van der Waals surface area contributed by atoms with E-state index < -0.39 is 11.9 Å². The SMILES string of the molecule is O=C(COC(=O)C=Cc1cccc2ccccc12)Nc1ccc(Oc2ccccc2)cc1. The number of fused-ring (bicyclic) bond motifs is 1. The molecule has 5 heteroatoms. The van der Waals surface area contributed by atoms with Crippen LogP contribution in [-0.4, -0.2) is 18.5 Å². The van der Waals surface area contributed by atoms with Gasteiger partial charge >= 0.3 is 5.97 Å². The number of nitrogens with one attached hydrogen (secondary N) is 1. The van der Waals surface area contributed by atoms with Crippen LogP contribution in [0, 0.1) is 0 Å². The van der Waals surface area contributed by atoms with Gasteiger partial charge in [-0.05, 0) is 58.8 Å². The van der Waals surface area contributed by atoms with Crippen LogP contribution >= 0.6 is 0 Å². The molecule has 0 saturated carbocycles. The van der Waals surface area contributed by atoms with Crippen molar-refractivity contribution in [2.75, 3.05) is 11.9 Å². The lowest BCUT2D eigenvalue weighted by molar-refractivity contribution is -0.142. The topological polar surface area (TPSA) is 64.6 Å². The molecule has 1 amide bonds. The fourth-order valence-electron chi connectivity index (χ4n) is 3.17. The Labute approximate surface area is 185 Å². The van der Waals surface area contributed by atoms with Crippen LogP contribution < -0.4 is 10.1 Å². The van der Waals surface area contributed by atoms with E-state index >= 15 is 0 Å². The number of benzene rings is 4. The summed E-state index contributed by atoms with van der Waals surface area (Å²) in [7, 11) is 0.